The number of piperazine rings is 1. The van der Waals surface area contributed by atoms with Crippen molar-refractivity contribution in [3.63, 3.8) is 0 Å². The second-order valence-electron chi connectivity index (χ2n) is 7.67. The summed E-state index contributed by atoms with van der Waals surface area (Å²) in [6.07, 6.45) is 8.18. The Balaban J connectivity index is 1.23. The summed E-state index contributed by atoms with van der Waals surface area (Å²) in [5.41, 5.74) is -0.121. The summed E-state index contributed by atoms with van der Waals surface area (Å²) in [5.74, 6) is 1.07. The molecule has 3 heterocycles. The zero-order valence-corrected chi connectivity index (χ0v) is 15.4. The maximum absolute atomic E-state index is 12.2. The zero-order valence-electron chi connectivity index (χ0n) is 14.6. The molecule has 1 saturated carbocycles. The summed E-state index contributed by atoms with van der Waals surface area (Å²) >= 11 is 5.91. The van der Waals surface area contributed by atoms with Crippen LogP contribution in [0.4, 0.5) is 5.82 Å². The van der Waals surface area contributed by atoms with Crippen molar-refractivity contribution in [2.75, 3.05) is 37.6 Å². The lowest BCUT2D eigenvalue weighted by molar-refractivity contribution is -0.148. The van der Waals surface area contributed by atoms with Gasteiger partial charge in [0.15, 0.2) is 0 Å². The molecule has 1 aromatic heterocycles. The normalized spacial score (nSPS) is 26.4. The third-order valence-corrected chi connectivity index (χ3v) is 6.28. The molecule has 136 valence electrons. The molecule has 1 unspecified atom stereocenters. The molecular weight excluding hydrogens is 338 g/mol. The Kier molecular flexibility index (Phi) is 4.87. The molecule has 0 radical (unpaired) electrons. The van der Waals surface area contributed by atoms with E-state index in [0.29, 0.717) is 5.02 Å². The van der Waals surface area contributed by atoms with Gasteiger partial charge in [-0.3, -0.25) is 9.69 Å². The van der Waals surface area contributed by atoms with Gasteiger partial charge in [-0.1, -0.05) is 24.4 Å². The van der Waals surface area contributed by atoms with Crippen LogP contribution in [0.15, 0.2) is 18.3 Å². The Morgan fingerprint density at radius 2 is 1.96 bits per heavy atom. The van der Waals surface area contributed by atoms with Crippen molar-refractivity contribution < 1.29 is 9.53 Å². The van der Waals surface area contributed by atoms with Gasteiger partial charge in [0, 0.05) is 45.3 Å². The van der Waals surface area contributed by atoms with Crippen LogP contribution in [0, 0.1) is 5.41 Å². The number of rotatable bonds is 4. The third-order valence-electron chi connectivity index (χ3n) is 6.06. The number of cyclic esters (lactones) is 1. The molecule has 1 aliphatic carbocycles. The summed E-state index contributed by atoms with van der Waals surface area (Å²) in [4.78, 5) is 21.4. The fourth-order valence-electron chi connectivity index (χ4n) is 4.54. The fourth-order valence-corrected chi connectivity index (χ4v) is 4.65. The SMILES string of the molecule is O=C1OC(CCN2CCN(c3ccc(Cl)cn3)CC2)CC12CCCC2. The molecule has 0 bridgehead atoms. The van der Waals surface area contributed by atoms with E-state index in [1.54, 1.807) is 6.20 Å². The van der Waals surface area contributed by atoms with Crippen LogP contribution in [-0.4, -0.2) is 54.7 Å². The number of ether oxygens (including phenoxy) is 1. The number of halogens is 1. The Bertz CT molecular complexity index is 608. The van der Waals surface area contributed by atoms with E-state index in [4.69, 9.17) is 16.3 Å². The minimum atomic E-state index is -0.121. The molecule has 0 N–H and O–H groups in total. The molecule has 1 spiro atoms. The van der Waals surface area contributed by atoms with Crippen molar-refractivity contribution in [3.05, 3.63) is 23.4 Å². The van der Waals surface area contributed by atoms with E-state index in [-0.39, 0.29) is 17.5 Å². The first-order chi connectivity index (χ1) is 12.1. The molecule has 4 rings (SSSR count). The van der Waals surface area contributed by atoms with Crippen molar-refractivity contribution in [2.45, 2.75) is 44.6 Å². The Morgan fingerprint density at radius 3 is 2.64 bits per heavy atom. The number of carbonyl (C=O) groups excluding carboxylic acids is 1. The second kappa shape index (κ2) is 7.12. The Morgan fingerprint density at radius 1 is 1.20 bits per heavy atom. The van der Waals surface area contributed by atoms with Gasteiger partial charge in [0.2, 0.25) is 0 Å². The number of aromatic nitrogens is 1. The molecule has 1 aromatic rings. The summed E-state index contributed by atoms with van der Waals surface area (Å²) < 4.78 is 5.69. The van der Waals surface area contributed by atoms with Crippen LogP contribution in [0.3, 0.4) is 0 Å². The minimum Gasteiger partial charge on any atom is -0.462 e. The van der Waals surface area contributed by atoms with Gasteiger partial charge in [0.05, 0.1) is 10.4 Å². The lowest BCUT2D eigenvalue weighted by Crippen LogP contribution is -2.47. The molecule has 1 atom stereocenters. The largest absolute Gasteiger partial charge is 0.462 e. The van der Waals surface area contributed by atoms with Crippen LogP contribution >= 0.6 is 11.6 Å². The molecule has 2 aliphatic heterocycles. The number of hydrogen-bond donors (Lipinski definition) is 0. The number of anilines is 1. The average molecular weight is 364 g/mol. The quantitative estimate of drug-likeness (QED) is 0.769. The summed E-state index contributed by atoms with van der Waals surface area (Å²) in [5, 5.41) is 0.675. The topological polar surface area (TPSA) is 45.7 Å². The van der Waals surface area contributed by atoms with Gasteiger partial charge in [-0.05, 0) is 31.4 Å². The highest BCUT2D eigenvalue weighted by Gasteiger charge is 2.50. The first-order valence-corrected chi connectivity index (χ1v) is 9.82. The van der Waals surface area contributed by atoms with Gasteiger partial charge in [0.1, 0.15) is 11.9 Å². The van der Waals surface area contributed by atoms with Crippen molar-refractivity contribution in [3.8, 4) is 0 Å². The highest BCUT2D eigenvalue weighted by atomic mass is 35.5. The van der Waals surface area contributed by atoms with Crippen molar-refractivity contribution in [1.82, 2.24) is 9.88 Å². The van der Waals surface area contributed by atoms with E-state index < -0.39 is 0 Å². The summed E-state index contributed by atoms with van der Waals surface area (Å²) in [7, 11) is 0. The average Bonchev–Trinajstić information content (AvgIpc) is 3.22. The molecule has 0 aromatic carbocycles. The third kappa shape index (κ3) is 3.63. The molecule has 2 saturated heterocycles. The predicted octanol–water partition coefficient (Wildman–Crippen LogP) is 3.12. The van der Waals surface area contributed by atoms with Crippen LogP contribution in [0.2, 0.25) is 5.02 Å². The maximum atomic E-state index is 12.2. The standard InChI is InChI=1S/C19H26ClN3O2/c20-15-3-4-17(21-14-15)23-11-9-22(10-12-23)8-5-16-13-19(18(24)25-16)6-1-2-7-19/h3-4,14,16H,1-2,5-13H2. The van der Waals surface area contributed by atoms with Crippen LogP contribution in [0.25, 0.3) is 0 Å². The fraction of sp³-hybridized carbons (Fsp3) is 0.684. The first-order valence-electron chi connectivity index (χ1n) is 9.45. The van der Waals surface area contributed by atoms with Crippen LogP contribution in [0.1, 0.15) is 38.5 Å². The number of esters is 1. The maximum Gasteiger partial charge on any atom is 0.312 e. The molecular formula is C19H26ClN3O2. The highest BCUT2D eigenvalue weighted by molar-refractivity contribution is 6.30. The van der Waals surface area contributed by atoms with E-state index in [2.05, 4.69) is 14.8 Å². The van der Waals surface area contributed by atoms with Gasteiger partial charge in [-0.15, -0.1) is 0 Å². The van der Waals surface area contributed by atoms with Crippen molar-refractivity contribution in [1.29, 1.82) is 0 Å². The van der Waals surface area contributed by atoms with Gasteiger partial charge >= 0.3 is 5.97 Å². The van der Waals surface area contributed by atoms with Crippen molar-refractivity contribution >= 4 is 23.4 Å². The van der Waals surface area contributed by atoms with Gasteiger partial charge in [-0.2, -0.15) is 0 Å². The number of nitrogens with zero attached hydrogens (tertiary/aromatic N) is 3. The molecule has 0 amide bonds. The Labute approximate surface area is 154 Å². The van der Waals surface area contributed by atoms with Crippen molar-refractivity contribution in [2.24, 2.45) is 5.41 Å². The van der Waals surface area contributed by atoms with E-state index in [9.17, 15) is 4.79 Å². The molecule has 5 nitrogen and oxygen atoms in total. The summed E-state index contributed by atoms with van der Waals surface area (Å²) in [6, 6.07) is 3.88. The zero-order chi connectivity index (χ0) is 17.3. The predicted molar refractivity (Wildman–Crippen MR) is 97.9 cm³/mol. The number of hydrogen-bond acceptors (Lipinski definition) is 5. The van der Waals surface area contributed by atoms with Gasteiger partial charge in [0.25, 0.3) is 0 Å². The lowest BCUT2D eigenvalue weighted by Gasteiger charge is -2.35. The molecule has 3 aliphatic rings. The number of pyridine rings is 1. The van der Waals surface area contributed by atoms with E-state index >= 15 is 0 Å². The second-order valence-corrected chi connectivity index (χ2v) is 8.11. The highest BCUT2D eigenvalue weighted by Crippen LogP contribution is 2.48. The van der Waals surface area contributed by atoms with Crippen LogP contribution < -0.4 is 4.90 Å². The monoisotopic (exact) mass is 363 g/mol. The lowest BCUT2D eigenvalue weighted by atomic mass is 9.83. The van der Waals surface area contributed by atoms with Gasteiger partial charge < -0.3 is 9.64 Å². The smallest absolute Gasteiger partial charge is 0.312 e. The molecule has 25 heavy (non-hydrogen) atoms. The first kappa shape index (κ1) is 17.1. The van der Waals surface area contributed by atoms with Gasteiger partial charge in [-0.25, -0.2) is 4.98 Å². The van der Waals surface area contributed by atoms with E-state index in [1.807, 2.05) is 12.1 Å². The Hall–Kier alpha value is -1.33. The minimum absolute atomic E-state index is 0.0774. The molecule has 6 heteroatoms. The van der Waals surface area contributed by atoms with E-state index in [0.717, 1.165) is 64.2 Å². The van der Waals surface area contributed by atoms with Crippen LogP contribution in [0.5, 0.6) is 0 Å². The van der Waals surface area contributed by atoms with E-state index in [1.165, 1.54) is 12.8 Å². The number of carbonyl (C=O) groups is 1. The van der Waals surface area contributed by atoms with Crippen LogP contribution in [-0.2, 0) is 9.53 Å². The molecule has 3 fully saturated rings. The summed E-state index contributed by atoms with van der Waals surface area (Å²) in [6.45, 7) is 5.01.